The highest BCUT2D eigenvalue weighted by Gasteiger charge is 2.19. The van der Waals surface area contributed by atoms with Crippen LogP contribution in [0.25, 0.3) is 0 Å². The average Bonchev–Trinajstić information content (AvgIpc) is 3.39. The van der Waals surface area contributed by atoms with Gasteiger partial charge in [-0.15, -0.1) is 5.10 Å². The van der Waals surface area contributed by atoms with Crippen molar-refractivity contribution in [1.29, 1.82) is 0 Å². The Kier molecular flexibility index (Phi) is 4.71. The Morgan fingerprint density at radius 1 is 1.24 bits per heavy atom. The van der Waals surface area contributed by atoms with Crippen molar-refractivity contribution >= 4 is 0 Å². The molecule has 130 valence electrons. The van der Waals surface area contributed by atoms with E-state index in [1.807, 2.05) is 24.3 Å². The topological polar surface area (TPSA) is 57.3 Å². The maximum absolute atomic E-state index is 12.1. The van der Waals surface area contributed by atoms with Gasteiger partial charge < -0.3 is 9.15 Å². The van der Waals surface area contributed by atoms with Crippen LogP contribution in [0.2, 0.25) is 0 Å². The summed E-state index contributed by atoms with van der Waals surface area (Å²) in [5.74, 6) is 7.09. The van der Waals surface area contributed by atoms with E-state index in [2.05, 4.69) is 16.9 Å². The van der Waals surface area contributed by atoms with Gasteiger partial charge in [-0.2, -0.15) is 4.68 Å². The van der Waals surface area contributed by atoms with E-state index in [4.69, 9.17) is 9.15 Å². The van der Waals surface area contributed by atoms with Gasteiger partial charge in [-0.3, -0.25) is 0 Å². The first-order valence-electron chi connectivity index (χ1n) is 9.05. The lowest BCUT2D eigenvalue weighted by molar-refractivity contribution is 0.0130. The summed E-state index contributed by atoms with van der Waals surface area (Å²) in [5, 5.41) is 4.33. The molecule has 2 fully saturated rings. The Hall–Kier alpha value is -2.32. The van der Waals surface area contributed by atoms with E-state index in [1.54, 1.807) is 0 Å². The van der Waals surface area contributed by atoms with Crippen molar-refractivity contribution < 1.29 is 9.15 Å². The van der Waals surface area contributed by atoms with E-state index >= 15 is 0 Å². The summed E-state index contributed by atoms with van der Waals surface area (Å²) >= 11 is 0. The van der Waals surface area contributed by atoms with Crippen LogP contribution in [0.4, 0.5) is 0 Å². The molecule has 1 aliphatic carbocycles. The summed E-state index contributed by atoms with van der Waals surface area (Å²) in [6.07, 6.45) is 6.37. The van der Waals surface area contributed by atoms with Gasteiger partial charge >= 0.3 is 5.76 Å². The van der Waals surface area contributed by atoms with Crippen molar-refractivity contribution in [3.63, 3.8) is 0 Å². The van der Waals surface area contributed by atoms with Crippen LogP contribution in [0, 0.1) is 17.8 Å². The molecular formula is C20H22N2O3. The van der Waals surface area contributed by atoms with Crippen LogP contribution in [0.5, 0.6) is 0 Å². The van der Waals surface area contributed by atoms with Gasteiger partial charge in [0.1, 0.15) is 0 Å². The summed E-state index contributed by atoms with van der Waals surface area (Å²) in [4.78, 5) is 12.1. The number of rotatable bonds is 4. The molecule has 1 saturated heterocycles. The van der Waals surface area contributed by atoms with Crippen LogP contribution in [0.3, 0.4) is 0 Å². The van der Waals surface area contributed by atoms with Gasteiger partial charge in [-0.05, 0) is 49.8 Å². The number of hydrogen-bond donors (Lipinski definition) is 0. The predicted octanol–water partition coefficient (Wildman–Crippen LogP) is 2.76. The van der Waals surface area contributed by atoms with Crippen molar-refractivity contribution in [1.82, 2.24) is 9.78 Å². The number of aromatic nitrogens is 2. The fourth-order valence-electron chi connectivity index (χ4n) is 3.03. The van der Waals surface area contributed by atoms with Crippen molar-refractivity contribution in [2.24, 2.45) is 5.92 Å². The van der Waals surface area contributed by atoms with Crippen LogP contribution in [-0.4, -0.2) is 22.5 Å². The molecule has 4 rings (SSSR count). The predicted molar refractivity (Wildman–Crippen MR) is 93.2 cm³/mol. The minimum atomic E-state index is -0.416. The first-order valence-corrected chi connectivity index (χ1v) is 9.05. The summed E-state index contributed by atoms with van der Waals surface area (Å²) < 4.78 is 12.4. The van der Waals surface area contributed by atoms with Crippen LogP contribution >= 0.6 is 0 Å². The molecule has 0 N–H and O–H groups in total. The fourth-order valence-corrected chi connectivity index (χ4v) is 3.03. The molecular weight excluding hydrogens is 316 g/mol. The Morgan fingerprint density at radius 3 is 2.96 bits per heavy atom. The largest absolute Gasteiger partial charge is 0.437 e. The van der Waals surface area contributed by atoms with E-state index in [0.717, 1.165) is 37.0 Å². The van der Waals surface area contributed by atoms with Crippen molar-refractivity contribution in [2.75, 3.05) is 6.61 Å². The van der Waals surface area contributed by atoms with Crippen LogP contribution in [0.1, 0.15) is 49.1 Å². The lowest BCUT2D eigenvalue weighted by atomic mass is 10.1. The fraction of sp³-hybridized carbons (Fsp3) is 0.500. The van der Waals surface area contributed by atoms with Gasteiger partial charge in [-0.25, -0.2) is 4.79 Å². The molecule has 0 spiro atoms. The highest BCUT2D eigenvalue weighted by Crippen LogP contribution is 2.27. The van der Waals surface area contributed by atoms with Gasteiger partial charge in [0, 0.05) is 18.1 Å². The van der Waals surface area contributed by atoms with Gasteiger partial charge in [0.2, 0.25) is 5.89 Å². The average molecular weight is 338 g/mol. The third-order valence-electron chi connectivity index (χ3n) is 4.58. The lowest BCUT2D eigenvalue weighted by Gasteiger charge is -2.20. The standard InChI is InChI=1S/C20H22N2O3/c23-20-22(21-19(25-20)13-18-6-1-2-11-24-18)14-17-5-3-4-16(12-17)10-9-15-7-8-15/h3-5,12,15,18H,1-2,6-8,11,13-14H2. The zero-order chi connectivity index (χ0) is 17.1. The molecule has 1 aliphatic heterocycles. The molecule has 0 radical (unpaired) electrons. The number of nitrogens with zero attached hydrogens (tertiary/aromatic N) is 2. The summed E-state index contributed by atoms with van der Waals surface area (Å²) in [6, 6.07) is 7.96. The van der Waals surface area contributed by atoms with Crippen LogP contribution in [-0.2, 0) is 17.7 Å². The van der Waals surface area contributed by atoms with Gasteiger partial charge in [0.05, 0.1) is 19.1 Å². The normalized spacial score (nSPS) is 20.1. The van der Waals surface area contributed by atoms with Gasteiger partial charge in [0.15, 0.2) is 0 Å². The van der Waals surface area contributed by atoms with Crippen molar-refractivity contribution in [3.05, 3.63) is 51.8 Å². The van der Waals surface area contributed by atoms with Crippen molar-refractivity contribution in [3.8, 4) is 11.8 Å². The van der Waals surface area contributed by atoms with Gasteiger partial charge in [-0.1, -0.05) is 24.0 Å². The molecule has 1 atom stereocenters. The minimum absolute atomic E-state index is 0.112. The summed E-state index contributed by atoms with van der Waals surface area (Å²) in [6.45, 7) is 1.18. The number of hydrogen-bond acceptors (Lipinski definition) is 4. The molecule has 1 aromatic carbocycles. The zero-order valence-corrected chi connectivity index (χ0v) is 14.2. The third-order valence-corrected chi connectivity index (χ3v) is 4.58. The van der Waals surface area contributed by atoms with E-state index in [-0.39, 0.29) is 6.10 Å². The second-order valence-corrected chi connectivity index (χ2v) is 6.86. The zero-order valence-electron chi connectivity index (χ0n) is 14.2. The molecule has 2 aromatic rings. The molecule has 1 saturated carbocycles. The SMILES string of the molecule is O=c1oc(CC2CCCCO2)nn1Cc1cccc(C#CC2CC2)c1. The Labute approximate surface area is 147 Å². The molecule has 25 heavy (non-hydrogen) atoms. The van der Waals surface area contributed by atoms with Crippen LogP contribution in [0.15, 0.2) is 33.5 Å². The number of benzene rings is 1. The second-order valence-electron chi connectivity index (χ2n) is 6.86. The smallest absolute Gasteiger partial charge is 0.392 e. The Morgan fingerprint density at radius 2 is 2.16 bits per heavy atom. The molecule has 2 aliphatic rings. The quantitative estimate of drug-likeness (QED) is 0.805. The van der Waals surface area contributed by atoms with E-state index in [1.165, 1.54) is 17.5 Å². The Bertz CT molecular complexity index is 846. The molecule has 0 amide bonds. The molecule has 5 nitrogen and oxygen atoms in total. The van der Waals surface area contributed by atoms with Crippen molar-refractivity contribution in [2.45, 2.75) is 51.2 Å². The van der Waals surface area contributed by atoms with E-state index < -0.39 is 5.76 Å². The monoisotopic (exact) mass is 338 g/mol. The van der Waals surface area contributed by atoms with Gasteiger partial charge in [0.25, 0.3) is 0 Å². The highest BCUT2D eigenvalue weighted by molar-refractivity contribution is 5.38. The maximum Gasteiger partial charge on any atom is 0.437 e. The molecule has 0 bridgehead atoms. The first kappa shape index (κ1) is 16.2. The highest BCUT2D eigenvalue weighted by atomic mass is 16.5. The summed E-state index contributed by atoms with van der Waals surface area (Å²) in [5.41, 5.74) is 1.98. The summed E-state index contributed by atoms with van der Waals surface area (Å²) in [7, 11) is 0. The lowest BCUT2D eigenvalue weighted by Crippen LogP contribution is -2.21. The van der Waals surface area contributed by atoms with E-state index in [0.29, 0.717) is 24.8 Å². The molecule has 1 aromatic heterocycles. The maximum atomic E-state index is 12.1. The third kappa shape index (κ3) is 4.40. The van der Waals surface area contributed by atoms with E-state index in [9.17, 15) is 4.79 Å². The molecule has 5 heteroatoms. The van der Waals surface area contributed by atoms with Crippen LogP contribution < -0.4 is 5.76 Å². The second kappa shape index (κ2) is 7.28. The molecule has 2 heterocycles. The Balaban J connectivity index is 1.44. The minimum Gasteiger partial charge on any atom is -0.392 e. The number of ether oxygens (including phenoxy) is 1. The molecule has 1 unspecified atom stereocenters. The first-order chi connectivity index (χ1) is 12.3.